The molecule has 146 valence electrons. The predicted molar refractivity (Wildman–Crippen MR) is 121 cm³/mol. The molecule has 8 heteroatoms. The van der Waals surface area contributed by atoms with Gasteiger partial charge in [-0.15, -0.1) is 23.1 Å². The van der Waals surface area contributed by atoms with Crippen LogP contribution in [0.2, 0.25) is 0 Å². The second-order valence-electron chi connectivity index (χ2n) is 6.12. The summed E-state index contributed by atoms with van der Waals surface area (Å²) in [6.07, 6.45) is 3.55. The first-order chi connectivity index (χ1) is 14.7. The lowest BCUT2D eigenvalue weighted by atomic mass is 10.1. The van der Waals surface area contributed by atoms with Gasteiger partial charge in [-0.1, -0.05) is 30.3 Å². The molecule has 1 N–H and O–H groups in total. The summed E-state index contributed by atoms with van der Waals surface area (Å²) in [5, 5.41) is 5.88. The molecule has 0 unspecified atom stereocenters. The van der Waals surface area contributed by atoms with Crippen LogP contribution in [0.25, 0.3) is 27.5 Å². The molecular weight excluding hydrogens is 414 g/mol. The van der Waals surface area contributed by atoms with Crippen LogP contribution in [0.15, 0.2) is 71.2 Å². The summed E-state index contributed by atoms with van der Waals surface area (Å²) in [6, 6.07) is 16.5. The molecule has 0 aliphatic heterocycles. The molecule has 0 saturated heterocycles. The number of hydrogen-bond acceptors (Lipinski definition) is 6. The van der Waals surface area contributed by atoms with Gasteiger partial charge in [0.1, 0.15) is 10.7 Å². The normalized spacial score (nSPS) is 10.4. The number of benzene rings is 1. The lowest BCUT2D eigenvalue weighted by molar-refractivity contribution is 0.102. The van der Waals surface area contributed by atoms with Gasteiger partial charge in [-0.3, -0.25) is 10.1 Å². The number of nitrogens with zero attached hydrogens (tertiary/aromatic N) is 4. The first-order valence-electron chi connectivity index (χ1n) is 8.89. The van der Waals surface area contributed by atoms with Gasteiger partial charge in [0.05, 0.1) is 23.5 Å². The van der Waals surface area contributed by atoms with Crippen LogP contribution >= 0.6 is 23.1 Å². The molecular formula is C22H15N5OS2. The minimum absolute atomic E-state index is 0.241. The van der Waals surface area contributed by atoms with E-state index < -0.39 is 0 Å². The quantitative estimate of drug-likeness (QED) is 0.321. The maximum absolute atomic E-state index is 12.6. The highest BCUT2D eigenvalue weighted by molar-refractivity contribution is 7.98. The van der Waals surface area contributed by atoms with Gasteiger partial charge in [0.25, 0.3) is 5.91 Å². The van der Waals surface area contributed by atoms with E-state index in [-0.39, 0.29) is 5.91 Å². The zero-order chi connectivity index (χ0) is 20.9. The molecule has 3 heterocycles. The number of aromatic nitrogens is 3. The number of carbonyl (C=O) groups is 1. The molecule has 1 amide bonds. The van der Waals surface area contributed by atoms with E-state index in [9.17, 15) is 4.79 Å². The number of rotatable bonds is 5. The third-order valence-corrected chi connectivity index (χ3v) is 5.71. The Bertz CT molecular complexity index is 1240. The van der Waals surface area contributed by atoms with Crippen molar-refractivity contribution >= 4 is 39.8 Å². The fraction of sp³-hybridized carbons (Fsp3) is 0.0455. The number of pyridine rings is 2. The number of nitrogens with one attached hydrogen (secondary N) is 1. The van der Waals surface area contributed by atoms with Crippen molar-refractivity contribution in [3.8, 4) is 22.6 Å². The Morgan fingerprint density at radius 1 is 1.03 bits per heavy atom. The van der Waals surface area contributed by atoms with E-state index in [2.05, 4.69) is 25.1 Å². The van der Waals surface area contributed by atoms with Crippen LogP contribution in [0.1, 0.15) is 10.4 Å². The van der Waals surface area contributed by atoms with Crippen molar-refractivity contribution in [1.29, 1.82) is 0 Å². The van der Waals surface area contributed by atoms with Crippen molar-refractivity contribution in [3.05, 3.63) is 83.2 Å². The largest absolute Gasteiger partial charge is 0.298 e. The maximum Gasteiger partial charge on any atom is 0.260 e. The minimum Gasteiger partial charge on any atom is -0.298 e. The van der Waals surface area contributed by atoms with Crippen LogP contribution in [-0.4, -0.2) is 27.1 Å². The molecule has 1 aromatic carbocycles. The van der Waals surface area contributed by atoms with Crippen LogP contribution in [0.5, 0.6) is 0 Å². The highest BCUT2D eigenvalue weighted by Gasteiger charge is 2.14. The van der Waals surface area contributed by atoms with Crippen molar-refractivity contribution in [2.24, 2.45) is 0 Å². The van der Waals surface area contributed by atoms with Crippen LogP contribution in [0, 0.1) is 6.57 Å². The van der Waals surface area contributed by atoms with Gasteiger partial charge >= 0.3 is 0 Å². The fourth-order valence-electron chi connectivity index (χ4n) is 2.78. The lowest BCUT2D eigenvalue weighted by Crippen LogP contribution is -2.13. The third-order valence-electron chi connectivity index (χ3n) is 4.24. The number of hydrogen-bond donors (Lipinski definition) is 1. The van der Waals surface area contributed by atoms with Crippen molar-refractivity contribution < 1.29 is 4.79 Å². The molecule has 0 aliphatic rings. The molecule has 0 fully saturated rings. The summed E-state index contributed by atoms with van der Waals surface area (Å²) in [5.41, 5.74) is 4.23. The standard InChI is InChI=1S/C22H15N5OS2/c1-23-15-10-8-14(9-11-15)17-6-3-7-18(25-17)19-13-30-22(26-19)27-20(28)16-5-4-12-24-21(16)29-2/h3-13H,2H3,(H,26,27,28). The van der Waals surface area contributed by atoms with Crippen LogP contribution in [0.4, 0.5) is 10.8 Å². The average molecular weight is 430 g/mol. The first-order valence-corrected chi connectivity index (χ1v) is 11.0. The van der Waals surface area contributed by atoms with Crippen molar-refractivity contribution in [2.45, 2.75) is 5.03 Å². The van der Waals surface area contributed by atoms with E-state index >= 15 is 0 Å². The zero-order valence-corrected chi connectivity index (χ0v) is 17.5. The third kappa shape index (κ3) is 4.22. The van der Waals surface area contributed by atoms with Gasteiger partial charge in [-0.2, -0.15) is 0 Å². The van der Waals surface area contributed by atoms with Crippen molar-refractivity contribution in [3.63, 3.8) is 0 Å². The molecule has 4 aromatic rings. The molecule has 0 radical (unpaired) electrons. The number of carbonyl (C=O) groups excluding carboxylic acids is 1. The van der Waals surface area contributed by atoms with Gasteiger partial charge in [-0.05, 0) is 36.1 Å². The molecule has 30 heavy (non-hydrogen) atoms. The zero-order valence-electron chi connectivity index (χ0n) is 15.9. The van der Waals surface area contributed by atoms with Crippen LogP contribution < -0.4 is 5.32 Å². The summed E-state index contributed by atoms with van der Waals surface area (Å²) in [6.45, 7) is 7.06. The van der Waals surface area contributed by atoms with Gasteiger partial charge in [0.15, 0.2) is 10.8 Å². The van der Waals surface area contributed by atoms with Gasteiger partial charge in [-0.25, -0.2) is 19.8 Å². The number of thiazole rings is 1. The average Bonchev–Trinajstić information content (AvgIpc) is 3.27. The lowest BCUT2D eigenvalue weighted by Gasteiger charge is -2.05. The van der Waals surface area contributed by atoms with E-state index in [0.717, 1.165) is 11.3 Å². The number of anilines is 1. The highest BCUT2D eigenvalue weighted by Crippen LogP contribution is 2.27. The number of thioether (sulfide) groups is 1. The smallest absolute Gasteiger partial charge is 0.260 e. The molecule has 3 aromatic heterocycles. The van der Waals surface area contributed by atoms with Gasteiger partial charge in [0.2, 0.25) is 0 Å². The molecule has 0 aliphatic carbocycles. The minimum atomic E-state index is -0.241. The van der Waals surface area contributed by atoms with Crippen LogP contribution in [0.3, 0.4) is 0 Å². The summed E-state index contributed by atoms with van der Waals surface area (Å²) in [5.74, 6) is -0.241. The summed E-state index contributed by atoms with van der Waals surface area (Å²) in [4.78, 5) is 29.4. The van der Waals surface area contributed by atoms with Gasteiger partial charge < -0.3 is 0 Å². The van der Waals surface area contributed by atoms with Gasteiger partial charge in [0, 0.05) is 11.6 Å². The topological polar surface area (TPSA) is 72.1 Å². The Morgan fingerprint density at radius 2 is 1.83 bits per heavy atom. The molecule has 6 nitrogen and oxygen atoms in total. The van der Waals surface area contributed by atoms with Crippen LogP contribution in [-0.2, 0) is 0 Å². The molecule has 0 atom stereocenters. The Kier molecular flexibility index (Phi) is 5.84. The van der Waals surface area contributed by atoms with E-state index in [1.807, 2.05) is 42.0 Å². The Balaban J connectivity index is 1.55. The molecule has 4 rings (SSSR count). The summed E-state index contributed by atoms with van der Waals surface area (Å²) in [7, 11) is 0. The van der Waals surface area contributed by atoms with E-state index in [4.69, 9.17) is 6.57 Å². The SMILES string of the molecule is [C-]#[N+]c1ccc(-c2cccc(-c3csc(NC(=O)c4cccnc4SC)n3)n2)cc1. The summed E-state index contributed by atoms with van der Waals surface area (Å²) >= 11 is 2.77. The molecule has 0 saturated carbocycles. The second kappa shape index (κ2) is 8.86. The van der Waals surface area contributed by atoms with E-state index in [0.29, 0.717) is 32.8 Å². The maximum atomic E-state index is 12.6. The number of amides is 1. The predicted octanol–water partition coefficient (Wildman–Crippen LogP) is 5.79. The second-order valence-corrected chi connectivity index (χ2v) is 7.77. The molecule has 0 bridgehead atoms. The van der Waals surface area contributed by atoms with E-state index in [1.54, 1.807) is 30.5 Å². The first kappa shape index (κ1) is 19.8. The Labute approximate surface area is 181 Å². The van der Waals surface area contributed by atoms with Crippen molar-refractivity contribution in [2.75, 3.05) is 11.6 Å². The van der Waals surface area contributed by atoms with Crippen molar-refractivity contribution in [1.82, 2.24) is 15.0 Å². The Hall–Kier alpha value is -3.54. The summed E-state index contributed by atoms with van der Waals surface area (Å²) < 4.78 is 0. The Morgan fingerprint density at radius 3 is 2.60 bits per heavy atom. The highest BCUT2D eigenvalue weighted by atomic mass is 32.2. The fourth-order valence-corrected chi connectivity index (χ4v) is 4.03. The van der Waals surface area contributed by atoms with E-state index in [1.165, 1.54) is 23.1 Å². The molecule has 0 spiro atoms. The monoisotopic (exact) mass is 429 g/mol.